The maximum atomic E-state index is 13.6. The molecule has 1 N–H and O–H groups in total. The third-order valence-electron chi connectivity index (χ3n) is 3.12. The van der Waals surface area contributed by atoms with E-state index in [0.29, 0.717) is 30.8 Å². The van der Waals surface area contributed by atoms with E-state index in [1.807, 2.05) is 6.07 Å². The average molecular weight is 277 g/mol. The van der Waals surface area contributed by atoms with Crippen LogP contribution in [0.25, 0.3) is 0 Å². The van der Waals surface area contributed by atoms with E-state index < -0.39 is 0 Å². The molecule has 0 radical (unpaired) electrons. The van der Waals surface area contributed by atoms with Crippen molar-refractivity contribution in [1.82, 2.24) is 9.69 Å². The van der Waals surface area contributed by atoms with E-state index in [0.717, 1.165) is 4.88 Å². The number of nitrogens with zero attached hydrogens (tertiary/aromatic N) is 2. The number of halogens is 1. The number of carbonyl (C=O) groups excluding carboxylic acids is 1. The fourth-order valence-electron chi connectivity index (χ4n) is 2.19. The molecule has 6 heteroatoms. The molecule has 19 heavy (non-hydrogen) atoms. The number of nitrogens with one attached hydrogen (secondary N) is 1. The minimum Gasteiger partial charge on any atom is -0.333 e. The van der Waals surface area contributed by atoms with E-state index >= 15 is 0 Å². The van der Waals surface area contributed by atoms with Gasteiger partial charge in [0.15, 0.2) is 0 Å². The first-order chi connectivity index (χ1) is 9.25. The summed E-state index contributed by atoms with van der Waals surface area (Å²) in [6.07, 6.45) is 2.27. The highest BCUT2D eigenvalue weighted by atomic mass is 32.1. The number of urea groups is 1. The minimum absolute atomic E-state index is 0.197. The zero-order valence-corrected chi connectivity index (χ0v) is 10.9. The van der Waals surface area contributed by atoms with Crippen molar-refractivity contribution in [3.05, 3.63) is 46.7 Å². The Hall–Kier alpha value is -1.95. The standard InChI is InChI=1S/C13H12FN3OS/c14-11-2-1-3-12-10(11)5-7-17(12)13(18)15-8-9-4-6-16-19-9/h1-4,6H,5,7-8H2,(H,15,18). The molecule has 1 aliphatic rings. The van der Waals surface area contributed by atoms with Crippen molar-refractivity contribution >= 4 is 23.3 Å². The molecule has 2 aromatic rings. The summed E-state index contributed by atoms with van der Waals surface area (Å²) in [5.41, 5.74) is 1.29. The van der Waals surface area contributed by atoms with Gasteiger partial charge in [0.05, 0.1) is 12.2 Å². The minimum atomic E-state index is -0.241. The Morgan fingerprint density at radius 1 is 1.47 bits per heavy atom. The molecule has 2 heterocycles. The smallest absolute Gasteiger partial charge is 0.322 e. The zero-order valence-electron chi connectivity index (χ0n) is 10.1. The van der Waals surface area contributed by atoms with E-state index in [1.54, 1.807) is 23.2 Å². The number of fused-ring (bicyclic) bond motifs is 1. The lowest BCUT2D eigenvalue weighted by Gasteiger charge is -2.17. The second kappa shape index (κ2) is 4.97. The van der Waals surface area contributed by atoms with Gasteiger partial charge in [0.2, 0.25) is 0 Å². The van der Waals surface area contributed by atoms with Crippen LogP contribution in [0.5, 0.6) is 0 Å². The summed E-state index contributed by atoms with van der Waals surface area (Å²) in [7, 11) is 0. The Kier molecular flexibility index (Phi) is 3.16. The van der Waals surface area contributed by atoms with Crippen LogP contribution in [0.2, 0.25) is 0 Å². The Labute approximate surface area is 114 Å². The van der Waals surface area contributed by atoms with Gasteiger partial charge in [0.25, 0.3) is 0 Å². The summed E-state index contributed by atoms with van der Waals surface area (Å²) in [4.78, 5) is 14.7. The Bertz CT molecular complexity index is 600. The van der Waals surface area contributed by atoms with Gasteiger partial charge in [-0.3, -0.25) is 4.90 Å². The van der Waals surface area contributed by atoms with Crippen LogP contribution in [0.1, 0.15) is 10.4 Å². The van der Waals surface area contributed by atoms with Gasteiger partial charge in [0, 0.05) is 23.2 Å². The zero-order chi connectivity index (χ0) is 13.2. The fraction of sp³-hybridized carbons (Fsp3) is 0.231. The summed E-state index contributed by atoms with van der Waals surface area (Å²) in [5, 5.41) is 2.82. The van der Waals surface area contributed by atoms with Gasteiger partial charge < -0.3 is 5.32 Å². The normalized spacial score (nSPS) is 13.4. The molecule has 0 atom stereocenters. The molecule has 1 aromatic heterocycles. The Morgan fingerprint density at radius 3 is 3.16 bits per heavy atom. The topological polar surface area (TPSA) is 45.2 Å². The lowest BCUT2D eigenvalue weighted by atomic mass is 10.1. The number of aromatic nitrogens is 1. The van der Waals surface area contributed by atoms with Crippen LogP contribution in [0.15, 0.2) is 30.5 Å². The van der Waals surface area contributed by atoms with Crippen molar-refractivity contribution in [3.8, 4) is 0 Å². The summed E-state index contributed by atoms with van der Waals surface area (Å²) >= 11 is 1.35. The average Bonchev–Trinajstić information content (AvgIpc) is 3.06. The van der Waals surface area contributed by atoms with Crippen molar-refractivity contribution < 1.29 is 9.18 Å². The van der Waals surface area contributed by atoms with E-state index in [1.165, 1.54) is 17.6 Å². The van der Waals surface area contributed by atoms with Crippen molar-refractivity contribution in [2.45, 2.75) is 13.0 Å². The van der Waals surface area contributed by atoms with Gasteiger partial charge in [0.1, 0.15) is 5.82 Å². The van der Waals surface area contributed by atoms with Gasteiger partial charge in [-0.25, -0.2) is 13.6 Å². The second-order valence-electron chi connectivity index (χ2n) is 4.28. The molecule has 0 saturated carbocycles. The number of hydrogen-bond donors (Lipinski definition) is 1. The first-order valence-corrected chi connectivity index (χ1v) is 6.75. The van der Waals surface area contributed by atoms with Crippen LogP contribution >= 0.6 is 11.5 Å². The largest absolute Gasteiger partial charge is 0.333 e. The number of hydrogen-bond acceptors (Lipinski definition) is 3. The fourth-order valence-corrected chi connectivity index (χ4v) is 2.71. The summed E-state index contributed by atoms with van der Waals surface area (Å²) in [5.74, 6) is -0.241. The quantitative estimate of drug-likeness (QED) is 0.917. The van der Waals surface area contributed by atoms with Gasteiger partial charge >= 0.3 is 6.03 Å². The van der Waals surface area contributed by atoms with Crippen molar-refractivity contribution in [1.29, 1.82) is 0 Å². The molecule has 0 unspecified atom stereocenters. The SMILES string of the molecule is O=C(NCc1ccns1)N1CCc2c(F)cccc21. The van der Waals surface area contributed by atoms with Gasteiger partial charge in [-0.2, -0.15) is 0 Å². The van der Waals surface area contributed by atoms with Crippen LogP contribution < -0.4 is 10.2 Å². The Morgan fingerprint density at radius 2 is 2.37 bits per heavy atom. The molecule has 0 fully saturated rings. The molecule has 0 bridgehead atoms. The van der Waals surface area contributed by atoms with Crippen LogP contribution in [-0.2, 0) is 13.0 Å². The van der Waals surface area contributed by atoms with Crippen LogP contribution in [0.3, 0.4) is 0 Å². The van der Waals surface area contributed by atoms with Crippen molar-refractivity contribution in [3.63, 3.8) is 0 Å². The molecular formula is C13H12FN3OS. The number of anilines is 1. The Balaban J connectivity index is 1.71. The first-order valence-electron chi connectivity index (χ1n) is 5.98. The number of rotatable bonds is 2. The monoisotopic (exact) mass is 277 g/mol. The van der Waals surface area contributed by atoms with Gasteiger partial charge in [-0.15, -0.1) is 0 Å². The highest BCUT2D eigenvalue weighted by Crippen LogP contribution is 2.29. The van der Waals surface area contributed by atoms with Crippen LogP contribution in [-0.4, -0.2) is 16.9 Å². The molecule has 98 valence electrons. The second-order valence-corrected chi connectivity index (χ2v) is 5.19. The van der Waals surface area contributed by atoms with E-state index in [4.69, 9.17) is 0 Å². The third-order valence-corrected chi connectivity index (χ3v) is 3.86. The lowest BCUT2D eigenvalue weighted by Crippen LogP contribution is -2.38. The highest BCUT2D eigenvalue weighted by Gasteiger charge is 2.26. The number of benzene rings is 1. The number of amides is 2. The molecule has 0 saturated heterocycles. The van der Waals surface area contributed by atoms with Crippen molar-refractivity contribution in [2.75, 3.05) is 11.4 Å². The molecule has 1 aromatic carbocycles. The molecule has 1 aliphatic heterocycles. The number of carbonyl (C=O) groups is 1. The molecule has 4 nitrogen and oxygen atoms in total. The predicted molar refractivity (Wildman–Crippen MR) is 71.8 cm³/mol. The third kappa shape index (κ3) is 2.31. The summed E-state index contributed by atoms with van der Waals surface area (Å²) < 4.78 is 17.5. The molecule has 0 aliphatic carbocycles. The lowest BCUT2D eigenvalue weighted by molar-refractivity contribution is 0.246. The van der Waals surface area contributed by atoms with E-state index in [9.17, 15) is 9.18 Å². The van der Waals surface area contributed by atoms with Crippen LogP contribution in [0, 0.1) is 5.82 Å². The highest BCUT2D eigenvalue weighted by molar-refractivity contribution is 7.05. The summed E-state index contributed by atoms with van der Waals surface area (Å²) in [6.45, 7) is 0.968. The van der Waals surface area contributed by atoms with E-state index in [-0.39, 0.29) is 11.8 Å². The molecule has 2 amide bonds. The van der Waals surface area contributed by atoms with Gasteiger partial charge in [-0.1, -0.05) is 6.07 Å². The van der Waals surface area contributed by atoms with E-state index in [2.05, 4.69) is 9.69 Å². The summed E-state index contributed by atoms with van der Waals surface area (Å²) in [6, 6.07) is 6.50. The molecular weight excluding hydrogens is 265 g/mol. The first kappa shape index (κ1) is 12.1. The molecule has 3 rings (SSSR count). The predicted octanol–water partition coefficient (Wildman–Crippen LogP) is 2.55. The maximum absolute atomic E-state index is 13.6. The maximum Gasteiger partial charge on any atom is 0.322 e. The van der Waals surface area contributed by atoms with Crippen molar-refractivity contribution in [2.24, 2.45) is 0 Å². The van der Waals surface area contributed by atoms with Crippen LogP contribution in [0.4, 0.5) is 14.9 Å². The molecule has 0 spiro atoms. The van der Waals surface area contributed by atoms with Gasteiger partial charge in [-0.05, 0) is 36.2 Å².